The molecular weight excluding hydrogens is 437 g/mol. The van der Waals surface area contributed by atoms with E-state index in [4.69, 9.17) is 33.0 Å². The number of rotatable bonds is 3. The normalized spacial score (nSPS) is 20.0. The maximum Gasteiger partial charge on any atom is 0.261 e. The molecule has 9 heteroatoms. The number of hydrogen-bond donors (Lipinski definition) is 0. The van der Waals surface area contributed by atoms with Crippen LogP contribution in [0.4, 0.5) is 0 Å². The van der Waals surface area contributed by atoms with Crippen LogP contribution in [0.1, 0.15) is 46.9 Å². The number of aryl methyl sites for hydroxylation is 2. The number of nitrogens with zero attached hydrogens (tertiary/aromatic N) is 5. The molecule has 31 heavy (non-hydrogen) atoms. The van der Waals surface area contributed by atoms with Gasteiger partial charge in [0.1, 0.15) is 5.56 Å². The lowest BCUT2D eigenvalue weighted by Gasteiger charge is -2.45. The Morgan fingerprint density at radius 3 is 2.58 bits per heavy atom. The Balaban J connectivity index is 1.59. The van der Waals surface area contributed by atoms with E-state index in [0.717, 1.165) is 42.6 Å². The molecule has 4 heterocycles. The molecule has 2 aliphatic rings. The smallest absolute Gasteiger partial charge is 0.261 e. The van der Waals surface area contributed by atoms with Crippen molar-refractivity contribution in [3.8, 4) is 17.1 Å². The number of carbonyl (C=O) groups excluding carboxylic acids is 1. The minimum absolute atomic E-state index is 0.0525. The Morgan fingerprint density at radius 2 is 1.87 bits per heavy atom. The van der Waals surface area contributed by atoms with Crippen molar-refractivity contribution in [2.75, 3.05) is 7.11 Å². The van der Waals surface area contributed by atoms with Crippen LogP contribution in [0.25, 0.3) is 11.3 Å². The first kappa shape index (κ1) is 20.4. The number of halogens is 2. The molecule has 1 fully saturated rings. The Hall–Kier alpha value is -2.51. The van der Waals surface area contributed by atoms with E-state index in [1.807, 2.05) is 28.8 Å². The molecular formula is C22H23Cl2N5O2. The van der Waals surface area contributed by atoms with E-state index in [2.05, 4.69) is 5.10 Å². The van der Waals surface area contributed by atoms with Gasteiger partial charge in [0, 0.05) is 41.3 Å². The van der Waals surface area contributed by atoms with Gasteiger partial charge in [0.05, 0.1) is 30.7 Å². The SMILES string of the molecule is COc1c(C(=O)N2[C@H]3CCC[C@@H]2c2nn(C)c(-c4cc(Cl)cc(Cl)c4)c2C3)cnn1C. The number of benzene rings is 1. The van der Waals surface area contributed by atoms with Crippen molar-refractivity contribution in [1.82, 2.24) is 24.5 Å². The van der Waals surface area contributed by atoms with Crippen molar-refractivity contribution in [3.63, 3.8) is 0 Å². The third-order valence-corrected chi connectivity index (χ3v) is 6.79. The molecule has 2 aliphatic heterocycles. The van der Waals surface area contributed by atoms with Gasteiger partial charge in [-0.1, -0.05) is 23.2 Å². The van der Waals surface area contributed by atoms with Gasteiger partial charge >= 0.3 is 0 Å². The monoisotopic (exact) mass is 459 g/mol. The molecule has 2 atom stereocenters. The molecule has 0 aliphatic carbocycles. The largest absolute Gasteiger partial charge is 0.481 e. The molecule has 1 aromatic carbocycles. The van der Waals surface area contributed by atoms with Crippen LogP contribution in [0, 0.1) is 0 Å². The summed E-state index contributed by atoms with van der Waals surface area (Å²) in [6, 6.07) is 5.58. The number of ether oxygens (including phenoxy) is 1. The highest BCUT2D eigenvalue weighted by Gasteiger charge is 2.44. The summed E-state index contributed by atoms with van der Waals surface area (Å²) in [5.41, 5.74) is 4.59. The van der Waals surface area contributed by atoms with Crippen LogP contribution in [0.15, 0.2) is 24.4 Å². The highest BCUT2D eigenvalue weighted by molar-refractivity contribution is 6.35. The number of aromatic nitrogens is 4. The van der Waals surface area contributed by atoms with E-state index in [1.165, 1.54) is 5.56 Å². The summed E-state index contributed by atoms with van der Waals surface area (Å²) in [5.74, 6) is 0.424. The molecule has 1 amide bonds. The maximum atomic E-state index is 13.6. The van der Waals surface area contributed by atoms with Crippen molar-refractivity contribution < 1.29 is 9.53 Å². The summed E-state index contributed by atoms with van der Waals surface area (Å²) < 4.78 is 8.90. The van der Waals surface area contributed by atoms with Crippen LogP contribution in [0.5, 0.6) is 5.88 Å². The number of amides is 1. The summed E-state index contributed by atoms with van der Waals surface area (Å²) in [4.78, 5) is 15.6. The zero-order valence-corrected chi connectivity index (χ0v) is 19.1. The standard InChI is InChI=1S/C22H23Cl2N5O2/c1-27-20(12-7-13(23)9-14(24)8-12)16-10-15-5-4-6-18(19(16)26-27)29(15)21(30)17-11-25-28(2)22(17)31-3/h7-9,11,15,18H,4-6,10H2,1-3H3/t15-,18+/m0/s1. The first-order valence-corrected chi connectivity index (χ1v) is 11.1. The minimum Gasteiger partial charge on any atom is -0.481 e. The molecule has 0 unspecified atom stereocenters. The third kappa shape index (κ3) is 3.22. The van der Waals surface area contributed by atoms with Gasteiger partial charge in [-0.15, -0.1) is 0 Å². The molecule has 0 spiro atoms. The lowest BCUT2D eigenvalue weighted by Crippen LogP contribution is -2.49. The molecule has 3 aromatic rings. The highest BCUT2D eigenvalue weighted by atomic mass is 35.5. The average Bonchev–Trinajstić information content (AvgIpc) is 3.25. The Labute approximate surface area is 190 Å². The van der Waals surface area contributed by atoms with Gasteiger partial charge in [-0.05, 0) is 43.9 Å². The molecule has 2 bridgehead atoms. The summed E-state index contributed by atoms with van der Waals surface area (Å²) >= 11 is 12.5. The van der Waals surface area contributed by atoms with Gasteiger partial charge in [0.2, 0.25) is 5.88 Å². The van der Waals surface area contributed by atoms with Crippen molar-refractivity contribution in [3.05, 3.63) is 51.3 Å². The number of piperidine rings is 1. The van der Waals surface area contributed by atoms with E-state index in [1.54, 1.807) is 31.1 Å². The van der Waals surface area contributed by atoms with Gasteiger partial charge in [0.15, 0.2) is 0 Å². The zero-order valence-electron chi connectivity index (χ0n) is 17.6. The minimum atomic E-state index is -0.0745. The Bertz CT molecular complexity index is 1160. The first-order valence-electron chi connectivity index (χ1n) is 10.3. The van der Waals surface area contributed by atoms with Crippen LogP contribution in [-0.4, -0.2) is 43.5 Å². The second-order valence-corrected chi connectivity index (χ2v) is 9.08. The molecule has 1 saturated heterocycles. The van der Waals surface area contributed by atoms with Crippen molar-refractivity contribution >= 4 is 29.1 Å². The van der Waals surface area contributed by atoms with Crippen LogP contribution in [0.3, 0.4) is 0 Å². The summed E-state index contributed by atoms with van der Waals surface area (Å²) in [6.45, 7) is 0. The second-order valence-electron chi connectivity index (χ2n) is 8.20. The highest BCUT2D eigenvalue weighted by Crippen LogP contribution is 2.45. The number of hydrogen-bond acceptors (Lipinski definition) is 4. The predicted octanol–water partition coefficient (Wildman–Crippen LogP) is 4.43. The summed E-state index contributed by atoms with van der Waals surface area (Å²) in [7, 11) is 5.26. The van der Waals surface area contributed by atoms with Gasteiger partial charge < -0.3 is 9.64 Å². The number of methoxy groups -OCH3 is 1. The van der Waals surface area contributed by atoms with E-state index in [-0.39, 0.29) is 18.0 Å². The average molecular weight is 460 g/mol. The van der Waals surface area contributed by atoms with Crippen molar-refractivity contribution in [2.24, 2.45) is 14.1 Å². The van der Waals surface area contributed by atoms with Gasteiger partial charge in [0.25, 0.3) is 5.91 Å². The first-order chi connectivity index (χ1) is 14.9. The van der Waals surface area contributed by atoms with Crippen molar-refractivity contribution in [1.29, 1.82) is 0 Å². The number of carbonyl (C=O) groups is 1. The van der Waals surface area contributed by atoms with Crippen LogP contribution < -0.4 is 4.74 Å². The molecule has 7 nitrogen and oxygen atoms in total. The molecule has 162 valence electrons. The van der Waals surface area contributed by atoms with E-state index in [0.29, 0.717) is 21.5 Å². The molecule has 0 saturated carbocycles. The number of fused-ring (bicyclic) bond motifs is 4. The third-order valence-electron chi connectivity index (χ3n) is 6.35. The fourth-order valence-corrected chi connectivity index (χ4v) is 5.68. The summed E-state index contributed by atoms with van der Waals surface area (Å²) in [6.07, 6.45) is 5.23. The fraction of sp³-hybridized carbons (Fsp3) is 0.409. The van der Waals surface area contributed by atoms with E-state index in [9.17, 15) is 4.79 Å². The van der Waals surface area contributed by atoms with E-state index < -0.39 is 0 Å². The predicted molar refractivity (Wildman–Crippen MR) is 119 cm³/mol. The maximum absolute atomic E-state index is 13.6. The van der Waals surface area contributed by atoms with Crippen LogP contribution in [-0.2, 0) is 20.5 Å². The van der Waals surface area contributed by atoms with Gasteiger partial charge in [-0.2, -0.15) is 10.2 Å². The quantitative estimate of drug-likeness (QED) is 0.580. The van der Waals surface area contributed by atoms with E-state index >= 15 is 0 Å². The molecule has 0 radical (unpaired) electrons. The lowest BCUT2D eigenvalue weighted by atomic mass is 9.81. The van der Waals surface area contributed by atoms with Gasteiger partial charge in [-0.25, -0.2) is 4.68 Å². The zero-order chi connectivity index (χ0) is 21.9. The summed E-state index contributed by atoms with van der Waals surface area (Å²) in [5, 5.41) is 10.3. The second kappa shape index (κ2) is 7.57. The van der Waals surface area contributed by atoms with Crippen molar-refractivity contribution in [2.45, 2.75) is 37.8 Å². The lowest BCUT2D eigenvalue weighted by molar-refractivity contribution is 0.0388. The fourth-order valence-electron chi connectivity index (χ4n) is 5.15. The Morgan fingerprint density at radius 1 is 1.13 bits per heavy atom. The molecule has 0 N–H and O–H groups in total. The molecule has 5 rings (SSSR count). The van der Waals surface area contributed by atoms with Gasteiger partial charge in [-0.3, -0.25) is 9.48 Å². The topological polar surface area (TPSA) is 65.2 Å². The van der Waals surface area contributed by atoms with Crippen LogP contribution >= 0.6 is 23.2 Å². The Kier molecular flexibility index (Phi) is 4.98. The molecule has 2 aromatic heterocycles. The van der Waals surface area contributed by atoms with Crippen LogP contribution in [0.2, 0.25) is 10.0 Å².